The molecule has 0 aromatic rings. The van der Waals surface area contributed by atoms with E-state index in [1.54, 1.807) is 0 Å². The summed E-state index contributed by atoms with van der Waals surface area (Å²) in [4.78, 5) is 12.7. The molecule has 4 heteroatoms. The summed E-state index contributed by atoms with van der Waals surface area (Å²) in [6.07, 6.45) is 0. The summed E-state index contributed by atoms with van der Waals surface area (Å²) in [6.45, 7) is -0.274. The van der Waals surface area contributed by atoms with Gasteiger partial charge in [-0.15, -0.1) is 0 Å². The zero-order chi connectivity index (χ0) is 5.70. The van der Waals surface area contributed by atoms with Crippen LogP contribution >= 0.6 is 0 Å². The molecule has 0 aliphatic heterocycles. The molecule has 0 unspecified atom stereocenters. The first-order valence-corrected chi connectivity index (χ1v) is 1.63. The lowest BCUT2D eigenvalue weighted by atomic mass is 10.8. The number of carbonyl (C=O) groups excluding carboxylic acids is 1. The van der Waals surface area contributed by atoms with Gasteiger partial charge >= 0.3 is 5.97 Å². The lowest BCUT2D eigenvalue weighted by Crippen LogP contribution is -2.06. The Morgan fingerprint density at radius 3 is 2.43 bits per heavy atom. The number of ether oxygens (including phenoxy) is 1. The largest absolute Gasteiger partial charge is 0.373 e. The van der Waals surface area contributed by atoms with E-state index in [1.807, 2.05) is 0 Å². The third-order valence-electron chi connectivity index (χ3n) is 0.355. The summed E-state index contributed by atoms with van der Waals surface area (Å²) in [5.74, 6) is -0.900. The molecular formula is C3H5O4. The molecule has 0 aromatic heterocycles. The van der Waals surface area contributed by atoms with E-state index in [9.17, 15) is 4.79 Å². The molecule has 7 heavy (non-hydrogen) atoms. The number of carbonyl (C=O) groups is 1. The van der Waals surface area contributed by atoms with Crippen LogP contribution in [0.15, 0.2) is 0 Å². The Balaban J connectivity index is 3.00. The lowest BCUT2D eigenvalue weighted by molar-refractivity contribution is -0.280. The Hall–Kier alpha value is -0.610. The maximum absolute atomic E-state index is 9.75. The van der Waals surface area contributed by atoms with E-state index in [0.717, 1.165) is 0 Å². The Morgan fingerprint density at radius 1 is 1.71 bits per heavy atom. The Kier molecular flexibility index (Phi) is 3.26. The molecule has 0 atom stereocenters. The molecule has 0 saturated carbocycles. The van der Waals surface area contributed by atoms with Gasteiger partial charge in [0.1, 0.15) is 6.61 Å². The second-order valence-corrected chi connectivity index (χ2v) is 0.888. The fourth-order valence-corrected chi connectivity index (χ4v) is 0.142. The van der Waals surface area contributed by atoms with Crippen molar-refractivity contribution in [3.8, 4) is 0 Å². The van der Waals surface area contributed by atoms with Gasteiger partial charge < -0.3 is 4.74 Å². The van der Waals surface area contributed by atoms with Crippen molar-refractivity contribution in [3.63, 3.8) is 0 Å². The molecule has 0 rings (SSSR count). The first kappa shape index (κ1) is 6.39. The van der Waals surface area contributed by atoms with Crippen LogP contribution < -0.4 is 0 Å². The summed E-state index contributed by atoms with van der Waals surface area (Å²) >= 11 is 0. The lowest BCUT2D eigenvalue weighted by Gasteiger charge is -1.87. The summed E-state index contributed by atoms with van der Waals surface area (Å²) < 4.78 is 4.22. The summed E-state index contributed by atoms with van der Waals surface area (Å²) in [6, 6.07) is 0. The van der Waals surface area contributed by atoms with E-state index in [2.05, 4.69) is 9.62 Å². The van der Waals surface area contributed by atoms with Crippen LogP contribution in [-0.2, 0) is 19.7 Å². The van der Waals surface area contributed by atoms with Gasteiger partial charge in [-0.05, 0) is 0 Å². The van der Waals surface area contributed by atoms with E-state index < -0.39 is 5.97 Å². The van der Waals surface area contributed by atoms with Crippen molar-refractivity contribution in [2.24, 2.45) is 0 Å². The fourth-order valence-electron chi connectivity index (χ4n) is 0.142. The monoisotopic (exact) mass is 105 g/mol. The van der Waals surface area contributed by atoms with Gasteiger partial charge in [-0.1, -0.05) is 0 Å². The normalized spacial score (nSPS) is 8.29. The maximum Gasteiger partial charge on any atom is 0.371 e. The second-order valence-electron chi connectivity index (χ2n) is 0.888. The average Bonchev–Trinajstić information content (AvgIpc) is 1.68. The molecule has 0 bridgehead atoms. The number of hydrogen-bond donors (Lipinski definition) is 0. The molecule has 0 aliphatic carbocycles. The predicted octanol–water partition coefficient (Wildman–Crippen LogP) is -0.478. The van der Waals surface area contributed by atoms with Crippen molar-refractivity contribution in [2.45, 2.75) is 0 Å². The SMILES string of the molecule is COCC(=O)O[O]. The minimum atomic E-state index is -0.900. The zero-order valence-electron chi connectivity index (χ0n) is 3.84. The van der Waals surface area contributed by atoms with E-state index in [4.69, 9.17) is 5.26 Å². The van der Waals surface area contributed by atoms with Crippen LogP contribution in [0.3, 0.4) is 0 Å². The zero-order valence-corrected chi connectivity index (χ0v) is 3.84. The van der Waals surface area contributed by atoms with Gasteiger partial charge in [0.25, 0.3) is 0 Å². The van der Waals surface area contributed by atoms with Gasteiger partial charge in [-0.2, -0.15) is 0 Å². The highest BCUT2D eigenvalue weighted by atomic mass is 17.1. The highest BCUT2D eigenvalue weighted by Crippen LogP contribution is 1.71. The molecule has 0 heterocycles. The van der Waals surface area contributed by atoms with E-state index in [0.29, 0.717) is 0 Å². The number of methoxy groups -OCH3 is 1. The predicted molar refractivity (Wildman–Crippen MR) is 18.7 cm³/mol. The standard InChI is InChI=1S/C3H5O4/c1-6-2-3(4)7-5/h2H2,1H3. The Morgan fingerprint density at radius 2 is 2.29 bits per heavy atom. The maximum atomic E-state index is 9.75. The van der Waals surface area contributed by atoms with Gasteiger partial charge in [-0.25, -0.2) is 4.79 Å². The number of hydrogen-bond acceptors (Lipinski definition) is 3. The van der Waals surface area contributed by atoms with Crippen LogP contribution in [0, 0.1) is 0 Å². The van der Waals surface area contributed by atoms with Gasteiger partial charge in [-0.3, -0.25) is 4.89 Å². The molecule has 0 aromatic carbocycles. The van der Waals surface area contributed by atoms with Crippen LogP contribution in [-0.4, -0.2) is 19.7 Å². The molecule has 0 fully saturated rings. The van der Waals surface area contributed by atoms with Crippen LogP contribution in [0.25, 0.3) is 0 Å². The Bertz CT molecular complexity index is 60.0. The van der Waals surface area contributed by atoms with Crippen molar-refractivity contribution in [1.82, 2.24) is 0 Å². The summed E-state index contributed by atoms with van der Waals surface area (Å²) in [7, 11) is 1.30. The number of rotatable bonds is 2. The van der Waals surface area contributed by atoms with Gasteiger partial charge in [0.05, 0.1) is 0 Å². The highest BCUT2D eigenvalue weighted by Gasteiger charge is 1.97. The van der Waals surface area contributed by atoms with Crippen molar-refractivity contribution in [3.05, 3.63) is 0 Å². The molecule has 0 amide bonds. The van der Waals surface area contributed by atoms with E-state index >= 15 is 0 Å². The molecule has 0 aliphatic rings. The topological polar surface area (TPSA) is 55.4 Å². The molecule has 0 saturated heterocycles. The quantitative estimate of drug-likeness (QED) is 0.352. The first-order chi connectivity index (χ1) is 3.31. The average molecular weight is 105 g/mol. The minimum Gasteiger partial charge on any atom is -0.373 e. The third kappa shape index (κ3) is 3.21. The molecule has 0 spiro atoms. The van der Waals surface area contributed by atoms with E-state index in [-0.39, 0.29) is 6.61 Å². The van der Waals surface area contributed by atoms with Crippen LogP contribution in [0.1, 0.15) is 0 Å². The van der Waals surface area contributed by atoms with Gasteiger partial charge in [0.15, 0.2) is 0 Å². The fraction of sp³-hybridized carbons (Fsp3) is 0.667. The second kappa shape index (κ2) is 3.58. The smallest absolute Gasteiger partial charge is 0.371 e. The van der Waals surface area contributed by atoms with Crippen LogP contribution in [0.4, 0.5) is 0 Å². The van der Waals surface area contributed by atoms with Gasteiger partial charge in [0.2, 0.25) is 0 Å². The van der Waals surface area contributed by atoms with Crippen molar-refractivity contribution in [2.75, 3.05) is 13.7 Å². The van der Waals surface area contributed by atoms with E-state index in [1.165, 1.54) is 7.11 Å². The molecular weight excluding hydrogens is 100 g/mol. The van der Waals surface area contributed by atoms with Crippen LogP contribution in [0.2, 0.25) is 0 Å². The van der Waals surface area contributed by atoms with Crippen molar-refractivity contribution in [1.29, 1.82) is 0 Å². The van der Waals surface area contributed by atoms with Gasteiger partial charge in [0, 0.05) is 12.4 Å². The molecule has 41 valence electrons. The Labute approximate surface area is 40.6 Å². The first-order valence-electron chi connectivity index (χ1n) is 1.63. The molecule has 1 radical (unpaired) electrons. The molecule has 4 nitrogen and oxygen atoms in total. The summed E-state index contributed by atoms with van der Waals surface area (Å²) in [5.41, 5.74) is 0. The van der Waals surface area contributed by atoms with Crippen LogP contribution in [0.5, 0.6) is 0 Å². The molecule has 0 N–H and O–H groups in total. The minimum absolute atomic E-state index is 0.274. The van der Waals surface area contributed by atoms with Crippen molar-refractivity contribution < 1.29 is 19.7 Å². The highest BCUT2D eigenvalue weighted by molar-refractivity contribution is 5.69. The third-order valence-corrected chi connectivity index (χ3v) is 0.355. The van der Waals surface area contributed by atoms with Crippen molar-refractivity contribution >= 4 is 5.97 Å². The summed E-state index contributed by atoms with van der Waals surface area (Å²) in [5, 5.41) is 9.09.